The molecule has 0 bridgehead atoms. The van der Waals surface area contributed by atoms with Gasteiger partial charge in [0.15, 0.2) is 0 Å². The summed E-state index contributed by atoms with van der Waals surface area (Å²) in [6.07, 6.45) is 0.703. The lowest BCUT2D eigenvalue weighted by molar-refractivity contribution is 0.201. The standard InChI is InChI=1S/C27H26IN7O/c28-22-8-6-20(7-9-22)26-23-19-34(27(30)36)13-10-25(23)35(31-26)12-3-11-32-14-16-33(17-15-32)24-5-2-1-4-21(24)18-29/h1-2,4-9H,10,12-17,19H2,(H2,30,36). The summed E-state index contributed by atoms with van der Waals surface area (Å²) >= 11 is 2.29. The van der Waals surface area contributed by atoms with E-state index in [-0.39, 0.29) is 0 Å². The number of halogens is 1. The topological polar surface area (TPSA) is 94.4 Å². The molecule has 36 heavy (non-hydrogen) atoms. The molecule has 5 rings (SSSR count). The summed E-state index contributed by atoms with van der Waals surface area (Å²) in [7, 11) is 0. The van der Waals surface area contributed by atoms with Crippen LogP contribution in [-0.2, 0) is 19.5 Å². The van der Waals surface area contributed by atoms with Crippen LogP contribution in [0.5, 0.6) is 0 Å². The third-order valence-electron chi connectivity index (χ3n) is 6.67. The monoisotopic (exact) mass is 591 g/mol. The van der Waals surface area contributed by atoms with Gasteiger partial charge >= 0.3 is 6.03 Å². The maximum Gasteiger partial charge on any atom is 0.315 e. The number of carbonyl (C=O) groups is 1. The van der Waals surface area contributed by atoms with Crippen LogP contribution < -0.4 is 10.6 Å². The van der Waals surface area contributed by atoms with Gasteiger partial charge in [0.05, 0.1) is 23.5 Å². The molecule has 0 spiro atoms. The summed E-state index contributed by atoms with van der Waals surface area (Å²) in [5.41, 5.74) is 11.4. The van der Waals surface area contributed by atoms with E-state index in [1.165, 1.54) is 0 Å². The Labute approximate surface area is 224 Å². The van der Waals surface area contributed by atoms with Crippen molar-refractivity contribution in [1.82, 2.24) is 19.6 Å². The van der Waals surface area contributed by atoms with Crippen LogP contribution in [0.25, 0.3) is 11.3 Å². The number of urea groups is 1. The van der Waals surface area contributed by atoms with Gasteiger partial charge in [0.2, 0.25) is 0 Å². The van der Waals surface area contributed by atoms with Gasteiger partial charge in [-0.15, -0.1) is 0 Å². The third kappa shape index (κ3) is 4.98. The Morgan fingerprint density at radius 2 is 1.81 bits per heavy atom. The molecule has 182 valence electrons. The number of para-hydroxylation sites is 1. The number of nitrogens with two attached hydrogens (primary N) is 1. The van der Waals surface area contributed by atoms with E-state index in [0.29, 0.717) is 31.6 Å². The minimum absolute atomic E-state index is 0.404. The zero-order chi connectivity index (χ0) is 25.1. The predicted octanol–water partition coefficient (Wildman–Crippen LogP) is 3.25. The lowest BCUT2D eigenvalue weighted by Crippen LogP contribution is -2.44. The SMILES string of the molecule is N#Cc1ccccc1N1CCN(C#CCn2nc(-c3ccc(I)cc3)c3c2CCN(C(N)=O)C3)CC1. The number of nitriles is 1. The second kappa shape index (κ2) is 10.5. The van der Waals surface area contributed by atoms with Gasteiger partial charge in [0, 0.05) is 65.6 Å². The summed E-state index contributed by atoms with van der Waals surface area (Å²) < 4.78 is 3.14. The lowest BCUT2D eigenvalue weighted by atomic mass is 10.0. The van der Waals surface area contributed by atoms with Crippen molar-refractivity contribution in [1.29, 1.82) is 5.26 Å². The molecule has 2 aliphatic heterocycles. The molecule has 0 saturated carbocycles. The number of amides is 2. The van der Waals surface area contributed by atoms with Gasteiger partial charge < -0.3 is 20.4 Å². The summed E-state index contributed by atoms with van der Waals surface area (Å²) in [5, 5.41) is 14.3. The van der Waals surface area contributed by atoms with Gasteiger partial charge in [-0.2, -0.15) is 10.4 Å². The molecule has 3 heterocycles. The average molecular weight is 591 g/mol. The van der Waals surface area contributed by atoms with Gasteiger partial charge in [-0.1, -0.05) is 30.2 Å². The molecule has 9 heteroatoms. The van der Waals surface area contributed by atoms with Crippen molar-refractivity contribution in [2.75, 3.05) is 37.6 Å². The van der Waals surface area contributed by atoms with Gasteiger partial charge in [-0.25, -0.2) is 4.79 Å². The van der Waals surface area contributed by atoms with E-state index in [4.69, 9.17) is 10.8 Å². The van der Waals surface area contributed by atoms with E-state index >= 15 is 0 Å². The van der Waals surface area contributed by atoms with Gasteiger partial charge in [0.25, 0.3) is 0 Å². The molecular formula is C27H26IN7O. The van der Waals surface area contributed by atoms with Crippen LogP contribution in [0.1, 0.15) is 16.8 Å². The molecular weight excluding hydrogens is 565 g/mol. The minimum atomic E-state index is -0.404. The smallest absolute Gasteiger partial charge is 0.315 e. The summed E-state index contributed by atoms with van der Waals surface area (Å²) in [4.78, 5) is 17.9. The number of hydrogen-bond acceptors (Lipinski definition) is 5. The average Bonchev–Trinajstić information content (AvgIpc) is 3.27. The van der Waals surface area contributed by atoms with Crippen LogP contribution in [0.3, 0.4) is 0 Å². The molecule has 0 radical (unpaired) electrons. The fourth-order valence-corrected chi connectivity index (χ4v) is 5.13. The van der Waals surface area contributed by atoms with Crippen molar-refractivity contribution < 1.29 is 4.79 Å². The van der Waals surface area contributed by atoms with Gasteiger partial charge in [-0.3, -0.25) is 4.68 Å². The predicted molar refractivity (Wildman–Crippen MR) is 147 cm³/mol. The van der Waals surface area contributed by atoms with Crippen molar-refractivity contribution in [3.8, 4) is 29.3 Å². The molecule has 3 aromatic rings. The van der Waals surface area contributed by atoms with E-state index in [0.717, 1.165) is 58.0 Å². The van der Waals surface area contributed by atoms with Gasteiger partial charge in [-0.05, 0) is 46.9 Å². The van der Waals surface area contributed by atoms with E-state index in [1.807, 2.05) is 28.9 Å². The Bertz CT molecular complexity index is 1370. The first kappa shape index (κ1) is 24.0. The summed E-state index contributed by atoms with van der Waals surface area (Å²) in [6.45, 7) is 4.80. The van der Waals surface area contributed by atoms with E-state index in [2.05, 4.69) is 74.7 Å². The maximum absolute atomic E-state index is 11.8. The molecule has 2 aliphatic rings. The highest BCUT2D eigenvalue weighted by molar-refractivity contribution is 14.1. The molecule has 1 aromatic heterocycles. The first-order chi connectivity index (χ1) is 17.5. The van der Waals surface area contributed by atoms with Crippen LogP contribution >= 0.6 is 22.6 Å². The van der Waals surface area contributed by atoms with Crippen LogP contribution in [0, 0.1) is 26.9 Å². The number of aromatic nitrogens is 2. The Morgan fingerprint density at radius 3 is 2.53 bits per heavy atom. The van der Waals surface area contributed by atoms with Crippen molar-refractivity contribution in [2.24, 2.45) is 5.73 Å². The quantitative estimate of drug-likeness (QED) is 0.373. The third-order valence-corrected chi connectivity index (χ3v) is 7.39. The van der Waals surface area contributed by atoms with Crippen molar-refractivity contribution in [3.05, 3.63) is 68.9 Å². The summed E-state index contributed by atoms with van der Waals surface area (Å²) in [5.74, 6) is 3.31. The Kier molecular flexibility index (Phi) is 7.01. The number of anilines is 1. The zero-order valence-electron chi connectivity index (χ0n) is 19.8. The molecule has 1 fully saturated rings. The van der Waals surface area contributed by atoms with Crippen molar-refractivity contribution in [2.45, 2.75) is 19.5 Å². The van der Waals surface area contributed by atoms with Crippen molar-refractivity contribution >= 4 is 34.3 Å². The van der Waals surface area contributed by atoms with Crippen LogP contribution in [-0.4, -0.2) is 58.3 Å². The van der Waals surface area contributed by atoms with E-state index < -0.39 is 6.03 Å². The van der Waals surface area contributed by atoms with E-state index in [9.17, 15) is 10.1 Å². The molecule has 2 N–H and O–H groups in total. The Hall–Kier alpha value is -3.70. The fraction of sp³-hybridized carbons (Fsp3) is 0.296. The molecule has 0 atom stereocenters. The molecule has 2 aromatic carbocycles. The number of carbonyl (C=O) groups excluding carboxylic acids is 1. The fourth-order valence-electron chi connectivity index (χ4n) is 4.77. The number of nitrogens with zero attached hydrogens (tertiary/aromatic N) is 6. The highest BCUT2D eigenvalue weighted by Crippen LogP contribution is 2.30. The Balaban J connectivity index is 1.31. The Morgan fingerprint density at radius 1 is 1.06 bits per heavy atom. The van der Waals surface area contributed by atoms with Gasteiger partial charge in [0.1, 0.15) is 12.6 Å². The molecule has 0 aliphatic carbocycles. The number of primary amides is 1. The number of benzene rings is 2. The molecule has 1 saturated heterocycles. The number of fused-ring (bicyclic) bond motifs is 1. The molecule has 0 unspecified atom stereocenters. The lowest BCUT2D eigenvalue weighted by Gasteiger charge is -2.34. The normalized spacial score (nSPS) is 15.1. The molecule has 2 amide bonds. The maximum atomic E-state index is 11.8. The second-order valence-corrected chi connectivity index (χ2v) is 10.1. The minimum Gasteiger partial charge on any atom is -0.367 e. The van der Waals surface area contributed by atoms with Crippen LogP contribution in [0.15, 0.2) is 48.5 Å². The largest absolute Gasteiger partial charge is 0.367 e. The van der Waals surface area contributed by atoms with Crippen molar-refractivity contribution in [3.63, 3.8) is 0 Å². The van der Waals surface area contributed by atoms with Crippen LogP contribution in [0.4, 0.5) is 10.5 Å². The summed E-state index contributed by atoms with van der Waals surface area (Å²) in [6, 6.07) is 21.2. The highest BCUT2D eigenvalue weighted by atomic mass is 127. The first-order valence-corrected chi connectivity index (χ1v) is 13.0. The second-order valence-electron chi connectivity index (χ2n) is 8.84. The van der Waals surface area contributed by atoms with Crippen LogP contribution in [0.2, 0.25) is 0 Å². The first-order valence-electron chi connectivity index (χ1n) is 11.9. The van der Waals surface area contributed by atoms with E-state index in [1.54, 1.807) is 4.90 Å². The number of hydrogen-bond donors (Lipinski definition) is 1. The number of rotatable bonds is 3. The molecule has 8 nitrogen and oxygen atoms in total. The number of piperazine rings is 1. The zero-order valence-corrected chi connectivity index (χ0v) is 22.0. The highest BCUT2D eigenvalue weighted by Gasteiger charge is 2.27.